The topological polar surface area (TPSA) is 38.3 Å². The molecule has 0 aromatic heterocycles. The number of aryl methyl sites for hydroxylation is 1. The van der Waals surface area contributed by atoms with Crippen LogP contribution in [0.25, 0.3) is 0 Å². The average molecular weight is 275 g/mol. The number of benzene rings is 1. The van der Waals surface area contributed by atoms with Crippen LogP contribution in [0, 0.1) is 12.8 Å². The summed E-state index contributed by atoms with van der Waals surface area (Å²) < 4.78 is 5.40. The van der Waals surface area contributed by atoms with E-state index in [1.54, 1.807) is 7.11 Å². The maximum atomic E-state index is 12.3. The summed E-state index contributed by atoms with van der Waals surface area (Å²) in [6.07, 6.45) is 5.69. The summed E-state index contributed by atoms with van der Waals surface area (Å²) in [5, 5.41) is 3.15. The molecule has 1 aliphatic rings. The molecule has 1 aromatic carbocycles. The zero-order valence-corrected chi connectivity index (χ0v) is 12.7. The van der Waals surface area contributed by atoms with E-state index in [0.29, 0.717) is 0 Å². The zero-order chi connectivity index (χ0) is 14.5. The van der Waals surface area contributed by atoms with Gasteiger partial charge in [-0.25, -0.2) is 0 Å². The number of hydrogen-bond donors (Lipinski definition) is 1. The fourth-order valence-corrected chi connectivity index (χ4v) is 2.97. The summed E-state index contributed by atoms with van der Waals surface area (Å²) in [5.41, 5.74) is 2.23. The third-order valence-electron chi connectivity index (χ3n) is 4.19. The Morgan fingerprint density at radius 3 is 2.65 bits per heavy atom. The van der Waals surface area contributed by atoms with Gasteiger partial charge in [-0.1, -0.05) is 37.0 Å². The van der Waals surface area contributed by atoms with E-state index in [2.05, 4.69) is 18.3 Å². The van der Waals surface area contributed by atoms with Gasteiger partial charge in [-0.2, -0.15) is 0 Å². The lowest BCUT2D eigenvalue weighted by atomic mass is 9.88. The Kier molecular flexibility index (Phi) is 5.05. The van der Waals surface area contributed by atoms with E-state index in [9.17, 15) is 4.79 Å². The van der Waals surface area contributed by atoms with Crippen LogP contribution in [-0.4, -0.2) is 13.0 Å². The van der Waals surface area contributed by atoms with E-state index in [0.717, 1.165) is 24.2 Å². The lowest BCUT2D eigenvalue weighted by Gasteiger charge is -2.24. The van der Waals surface area contributed by atoms with Gasteiger partial charge in [-0.05, 0) is 32.8 Å². The third-order valence-corrected chi connectivity index (χ3v) is 4.19. The number of carbonyl (C=O) groups is 1. The molecule has 0 aliphatic heterocycles. The minimum atomic E-state index is -0.0146. The molecule has 0 unspecified atom stereocenters. The SMILES string of the molecule is COc1ccc(C)cc1[C@@H](C)NC(=O)C1CCCCC1. The quantitative estimate of drug-likeness (QED) is 0.908. The number of methoxy groups -OCH3 is 1. The molecular weight excluding hydrogens is 250 g/mol. The molecule has 2 rings (SSSR count). The molecule has 1 saturated carbocycles. The summed E-state index contributed by atoms with van der Waals surface area (Å²) in [6, 6.07) is 6.07. The van der Waals surface area contributed by atoms with Crippen LogP contribution in [0.5, 0.6) is 5.75 Å². The third kappa shape index (κ3) is 3.53. The van der Waals surface area contributed by atoms with Crippen LogP contribution in [0.3, 0.4) is 0 Å². The van der Waals surface area contributed by atoms with Gasteiger partial charge in [0, 0.05) is 11.5 Å². The lowest BCUT2D eigenvalue weighted by molar-refractivity contribution is -0.126. The van der Waals surface area contributed by atoms with Crippen LogP contribution in [-0.2, 0) is 4.79 Å². The van der Waals surface area contributed by atoms with Crippen LogP contribution in [0.4, 0.5) is 0 Å². The van der Waals surface area contributed by atoms with Crippen molar-refractivity contribution in [3.63, 3.8) is 0 Å². The van der Waals surface area contributed by atoms with Gasteiger partial charge >= 0.3 is 0 Å². The standard InChI is InChI=1S/C17H25NO2/c1-12-9-10-16(20-3)15(11-12)13(2)18-17(19)14-7-5-4-6-8-14/h9-11,13-14H,4-8H2,1-3H3,(H,18,19)/t13-/m1/s1. The Balaban J connectivity index is 2.05. The molecule has 0 heterocycles. The van der Waals surface area contributed by atoms with Crippen LogP contribution in [0.15, 0.2) is 18.2 Å². The Bertz CT molecular complexity index is 464. The normalized spacial score (nSPS) is 17.6. The van der Waals surface area contributed by atoms with Crippen LogP contribution >= 0.6 is 0 Å². The molecule has 0 radical (unpaired) electrons. The van der Waals surface area contributed by atoms with E-state index >= 15 is 0 Å². The molecule has 1 amide bonds. The maximum Gasteiger partial charge on any atom is 0.223 e. The van der Waals surface area contributed by atoms with Crippen molar-refractivity contribution in [3.8, 4) is 5.75 Å². The van der Waals surface area contributed by atoms with Crippen molar-refractivity contribution in [1.29, 1.82) is 0 Å². The Morgan fingerprint density at radius 1 is 1.30 bits per heavy atom. The summed E-state index contributed by atoms with van der Waals surface area (Å²) in [6.45, 7) is 4.08. The predicted molar refractivity (Wildman–Crippen MR) is 80.9 cm³/mol. The summed E-state index contributed by atoms with van der Waals surface area (Å²) >= 11 is 0. The highest BCUT2D eigenvalue weighted by Gasteiger charge is 2.23. The number of carbonyl (C=O) groups excluding carboxylic acids is 1. The maximum absolute atomic E-state index is 12.3. The van der Waals surface area contributed by atoms with E-state index in [1.807, 2.05) is 19.1 Å². The molecule has 110 valence electrons. The summed E-state index contributed by atoms with van der Waals surface area (Å²) in [7, 11) is 1.67. The molecular formula is C17H25NO2. The lowest BCUT2D eigenvalue weighted by Crippen LogP contribution is -2.34. The first-order valence-corrected chi connectivity index (χ1v) is 7.56. The van der Waals surface area contributed by atoms with Gasteiger partial charge < -0.3 is 10.1 Å². The van der Waals surface area contributed by atoms with Crippen molar-refractivity contribution >= 4 is 5.91 Å². The van der Waals surface area contributed by atoms with E-state index in [-0.39, 0.29) is 17.9 Å². The number of amides is 1. The summed E-state index contributed by atoms with van der Waals surface area (Å²) in [5.74, 6) is 1.23. The van der Waals surface area contributed by atoms with Crippen molar-refractivity contribution in [3.05, 3.63) is 29.3 Å². The van der Waals surface area contributed by atoms with Gasteiger partial charge in [0.25, 0.3) is 0 Å². The van der Waals surface area contributed by atoms with E-state index < -0.39 is 0 Å². The van der Waals surface area contributed by atoms with Crippen molar-refractivity contribution < 1.29 is 9.53 Å². The van der Waals surface area contributed by atoms with Gasteiger partial charge in [-0.3, -0.25) is 4.79 Å². The Morgan fingerprint density at radius 2 is 2.00 bits per heavy atom. The first-order valence-electron chi connectivity index (χ1n) is 7.56. The number of ether oxygens (including phenoxy) is 1. The van der Waals surface area contributed by atoms with Crippen LogP contribution < -0.4 is 10.1 Å². The molecule has 3 heteroatoms. The van der Waals surface area contributed by atoms with E-state index in [1.165, 1.54) is 24.8 Å². The second-order valence-corrected chi connectivity index (χ2v) is 5.81. The first-order chi connectivity index (χ1) is 9.61. The van der Waals surface area contributed by atoms with Crippen molar-refractivity contribution in [1.82, 2.24) is 5.32 Å². The highest BCUT2D eigenvalue weighted by molar-refractivity contribution is 5.79. The molecule has 0 saturated heterocycles. The highest BCUT2D eigenvalue weighted by atomic mass is 16.5. The molecule has 1 aliphatic carbocycles. The second-order valence-electron chi connectivity index (χ2n) is 5.81. The van der Waals surface area contributed by atoms with Gasteiger partial charge in [-0.15, -0.1) is 0 Å². The fourth-order valence-electron chi connectivity index (χ4n) is 2.97. The van der Waals surface area contributed by atoms with Crippen LogP contribution in [0.2, 0.25) is 0 Å². The van der Waals surface area contributed by atoms with Gasteiger partial charge in [0.1, 0.15) is 5.75 Å². The molecule has 3 nitrogen and oxygen atoms in total. The molecule has 0 bridgehead atoms. The first kappa shape index (κ1) is 14.9. The second kappa shape index (κ2) is 6.78. The van der Waals surface area contributed by atoms with Gasteiger partial charge in [0.15, 0.2) is 0 Å². The van der Waals surface area contributed by atoms with Crippen molar-refractivity contribution in [2.75, 3.05) is 7.11 Å². The van der Waals surface area contributed by atoms with E-state index in [4.69, 9.17) is 4.74 Å². The zero-order valence-electron chi connectivity index (χ0n) is 12.7. The van der Waals surface area contributed by atoms with Crippen LogP contribution in [0.1, 0.15) is 56.2 Å². The van der Waals surface area contributed by atoms with Crippen molar-refractivity contribution in [2.24, 2.45) is 5.92 Å². The van der Waals surface area contributed by atoms with Gasteiger partial charge in [0.2, 0.25) is 5.91 Å². The smallest absolute Gasteiger partial charge is 0.223 e. The van der Waals surface area contributed by atoms with Gasteiger partial charge in [0.05, 0.1) is 13.2 Å². The fraction of sp³-hybridized carbons (Fsp3) is 0.588. The predicted octanol–water partition coefficient (Wildman–Crippen LogP) is 3.76. The monoisotopic (exact) mass is 275 g/mol. The van der Waals surface area contributed by atoms with Crippen molar-refractivity contribution in [2.45, 2.75) is 52.0 Å². The molecule has 1 fully saturated rings. The number of hydrogen-bond acceptors (Lipinski definition) is 2. The average Bonchev–Trinajstić information content (AvgIpc) is 2.48. The highest BCUT2D eigenvalue weighted by Crippen LogP contribution is 2.28. The molecule has 1 N–H and O–H groups in total. The minimum Gasteiger partial charge on any atom is -0.496 e. The number of nitrogens with one attached hydrogen (secondary N) is 1. The molecule has 20 heavy (non-hydrogen) atoms. The Labute approximate surface area is 121 Å². The molecule has 1 atom stereocenters. The largest absolute Gasteiger partial charge is 0.496 e. The minimum absolute atomic E-state index is 0.0146. The number of rotatable bonds is 4. The molecule has 0 spiro atoms. The Hall–Kier alpha value is -1.51. The molecule has 1 aromatic rings. The summed E-state index contributed by atoms with van der Waals surface area (Å²) in [4.78, 5) is 12.3.